The lowest BCUT2D eigenvalue weighted by Gasteiger charge is -2.11. The SMILES string of the molecule is O=C(NC(=S)Nc1cccc(C(=O)Nc2ccc(F)cc2)c1)c1cccc(Cl)c1. The van der Waals surface area contributed by atoms with E-state index in [1.54, 1.807) is 42.5 Å². The monoisotopic (exact) mass is 427 g/mol. The molecule has 0 bridgehead atoms. The smallest absolute Gasteiger partial charge is 0.257 e. The molecule has 0 aliphatic carbocycles. The highest BCUT2D eigenvalue weighted by Crippen LogP contribution is 2.15. The Hall–Kier alpha value is -3.29. The van der Waals surface area contributed by atoms with Gasteiger partial charge in [-0.15, -0.1) is 0 Å². The average Bonchev–Trinajstić information content (AvgIpc) is 2.69. The largest absolute Gasteiger partial charge is 0.332 e. The molecule has 8 heteroatoms. The Morgan fingerprint density at radius 2 is 1.45 bits per heavy atom. The zero-order chi connectivity index (χ0) is 20.8. The second-order valence-corrected chi connectivity index (χ2v) is 6.81. The summed E-state index contributed by atoms with van der Waals surface area (Å²) in [6.45, 7) is 0. The summed E-state index contributed by atoms with van der Waals surface area (Å²) in [5, 5.41) is 8.61. The number of carbonyl (C=O) groups excluding carboxylic acids is 2. The molecule has 0 unspecified atom stereocenters. The molecule has 0 aromatic heterocycles. The van der Waals surface area contributed by atoms with Crippen molar-refractivity contribution < 1.29 is 14.0 Å². The van der Waals surface area contributed by atoms with Crippen LogP contribution in [0.3, 0.4) is 0 Å². The molecule has 0 atom stereocenters. The van der Waals surface area contributed by atoms with E-state index in [1.165, 1.54) is 30.3 Å². The molecule has 3 N–H and O–H groups in total. The van der Waals surface area contributed by atoms with Crippen LogP contribution in [0.5, 0.6) is 0 Å². The molecule has 2 amide bonds. The predicted octanol–water partition coefficient (Wildman–Crippen LogP) is 4.86. The predicted molar refractivity (Wildman–Crippen MR) is 116 cm³/mol. The Balaban J connectivity index is 1.63. The van der Waals surface area contributed by atoms with E-state index >= 15 is 0 Å². The first-order chi connectivity index (χ1) is 13.9. The number of hydrogen-bond donors (Lipinski definition) is 3. The molecule has 0 aliphatic heterocycles. The van der Waals surface area contributed by atoms with Gasteiger partial charge in [-0.3, -0.25) is 14.9 Å². The van der Waals surface area contributed by atoms with Crippen molar-refractivity contribution in [3.63, 3.8) is 0 Å². The molecule has 5 nitrogen and oxygen atoms in total. The summed E-state index contributed by atoms with van der Waals surface area (Å²) in [5.74, 6) is -1.16. The molecule has 3 aromatic carbocycles. The fourth-order valence-corrected chi connectivity index (χ4v) is 2.84. The summed E-state index contributed by atoms with van der Waals surface area (Å²) in [4.78, 5) is 24.6. The minimum atomic E-state index is -0.407. The number of hydrogen-bond acceptors (Lipinski definition) is 3. The number of rotatable bonds is 4. The van der Waals surface area contributed by atoms with E-state index < -0.39 is 5.91 Å². The van der Waals surface area contributed by atoms with Crippen LogP contribution in [-0.2, 0) is 0 Å². The van der Waals surface area contributed by atoms with Gasteiger partial charge in [-0.25, -0.2) is 4.39 Å². The van der Waals surface area contributed by atoms with E-state index in [0.717, 1.165) is 0 Å². The van der Waals surface area contributed by atoms with Gasteiger partial charge in [0.25, 0.3) is 11.8 Å². The molecule has 0 heterocycles. The van der Waals surface area contributed by atoms with Crippen molar-refractivity contribution in [2.24, 2.45) is 0 Å². The highest BCUT2D eigenvalue weighted by Gasteiger charge is 2.10. The van der Waals surface area contributed by atoms with Crippen LogP contribution >= 0.6 is 23.8 Å². The van der Waals surface area contributed by atoms with E-state index in [0.29, 0.717) is 27.5 Å². The Labute approximate surface area is 176 Å². The molecule has 3 aromatic rings. The normalized spacial score (nSPS) is 10.1. The number of amides is 2. The lowest BCUT2D eigenvalue weighted by Crippen LogP contribution is -2.34. The number of benzene rings is 3. The summed E-state index contributed by atoms with van der Waals surface area (Å²) in [6, 6.07) is 18.5. The van der Waals surface area contributed by atoms with E-state index in [4.69, 9.17) is 23.8 Å². The molecule has 0 saturated carbocycles. The van der Waals surface area contributed by atoms with E-state index in [1.807, 2.05) is 0 Å². The Morgan fingerprint density at radius 1 is 0.793 bits per heavy atom. The van der Waals surface area contributed by atoms with Crippen molar-refractivity contribution in [1.82, 2.24) is 5.32 Å². The van der Waals surface area contributed by atoms with Crippen molar-refractivity contribution in [2.45, 2.75) is 0 Å². The van der Waals surface area contributed by atoms with Gasteiger partial charge in [-0.2, -0.15) is 0 Å². The second kappa shape index (κ2) is 9.27. The molecular weight excluding hydrogens is 413 g/mol. The van der Waals surface area contributed by atoms with Crippen molar-refractivity contribution >= 4 is 52.1 Å². The van der Waals surface area contributed by atoms with Crippen LogP contribution < -0.4 is 16.0 Å². The second-order valence-electron chi connectivity index (χ2n) is 5.96. The van der Waals surface area contributed by atoms with Gasteiger partial charge < -0.3 is 10.6 Å². The van der Waals surface area contributed by atoms with Gasteiger partial charge in [0.15, 0.2) is 5.11 Å². The Kier molecular flexibility index (Phi) is 6.54. The molecule has 146 valence electrons. The van der Waals surface area contributed by atoms with Crippen molar-refractivity contribution in [3.05, 3.63) is 94.8 Å². The maximum absolute atomic E-state index is 13.0. The van der Waals surface area contributed by atoms with Gasteiger partial charge in [-0.05, 0) is 72.9 Å². The van der Waals surface area contributed by atoms with E-state index in [-0.39, 0.29) is 16.8 Å². The summed E-state index contributed by atoms with van der Waals surface area (Å²) >= 11 is 11.0. The Morgan fingerprint density at radius 3 is 2.14 bits per heavy atom. The van der Waals surface area contributed by atoms with Crippen LogP contribution in [0, 0.1) is 5.82 Å². The van der Waals surface area contributed by atoms with Crippen molar-refractivity contribution in [1.29, 1.82) is 0 Å². The van der Waals surface area contributed by atoms with Crippen LogP contribution in [-0.4, -0.2) is 16.9 Å². The first-order valence-corrected chi connectivity index (χ1v) is 9.24. The van der Waals surface area contributed by atoms with Gasteiger partial charge in [0.05, 0.1) is 0 Å². The summed E-state index contributed by atoms with van der Waals surface area (Å²) in [6.07, 6.45) is 0. The molecule has 29 heavy (non-hydrogen) atoms. The number of anilines is 2. The lowest BCUT2D eigenvalue weighted by molar-refractivity contribution is 0.0976. The highest BCUT2D eigenvalue weighted by atomic mass is 35.5. The zero-order valence-corrected chi connectivity index (χ0v) is 16.5. The maximum Gasteiger partial charge on any atom is 0.257 e. The van der Waals surface area contributed by atoms with Crippen molar-refractivity contribution in [2.75, 3.05) is 10.6 Å². The minimum Gasteiger partial charge on any atom is -0.332 e. The van der Waals surface area contributed by atoms with Crippen LogP contribution in [0.2, 0.25) is 5.02 Å². The number of thiocarbonyl (C=S) groups is 1. The first-order valence-electron chi connectivity index (χ1n) is 8.45. The highest BCUT2D eigenvalue weighted by molar-refractivity contribution is 7.80. The Bertz CT molecular complexity index is 1070. The minimum absolute atomic E-state index is 0.0751. The first kappa shape index (κ1) is 20.4. The van der Waals surface area contributed by atoms with Crippen LogP contribution in [0.4, 0.5) is 15.8 Å². The standard InChI is InChI=1S/C21H15ClFN3O2S/c22-15-5-1-3-13(11-15)20(28)26-21(29)25-18-6-2-4-14(12-18)19(27)24-17-9-7-16(23)8-10-17/h1-12H,(H,24,27)(H2,25,26,28,29). The maximum atomic E-state index is 13.0. The van der Waals surface area contributed by atoms with E-state index in [9.17, 15) is 14.0 Å². The van der Waals surface area contributed by atoms with Crippen LogP contribution in [0.1, 0.15) is 20.7 Å². The third-order valence-corrected chi connectivity index (χ3v) is 4.24. The third kappa shape index (κ3) is 5.84. The topological polar surface area (TPSA) is 70.2 Å². The lowest BCUT2D eigenvalue weighted by atomic mass is 10.2. The molecule has 0 aliphatic rings. The van der Waals surface area contributed by atoms with Crippen LogP contribution in [0.25, 0.3) is 0 Å². The zero-order valence-electron chi connectivity index (χ0n) is 14.9. The van der Waals surface area contributed by atoms with Crippen LogP contribution in [0.15, 0.2) is 72.8 Å². The van der Waals surface area contributed by atoms with Crippen molar-refractivity contribution in [3.8, 4) is 0 Å². The summed E-state index contributed by atoms with van der Waals surface area (Å²) in [7, 11) is 0. The number of nitrogens with one attached hydrogen (secondary N) is 3. The van der Waals surface area contributed by atoms with Gasteiger partial charge in [0.1, 0.15) is 5.82 Å². The molecular formula is C21H15ClFN3O2S. The molecule has 0 spiro atoms. The number of carbonyl (C=O) groups is 2. The molecule has 0 fully saturated rings. The molecule has 0 radical (unpaired) electrons. The van der Waals surface area contributed by atoms with Gasteiger partial charge >= 0.3 is 0 Å². The van der Waals surface area contributed by atoms with Gasteiger partial charge in [-0.1, -0.05) is 23.7 Å². The third-order valence-electron chi connectivity index (χ3n) is 3.80. The fourth-order valence-electron chi connectivity index (χ4n) is 2.44. The molecule has 3 rings (SSSR count). The quantitative estimate of drug-likeness (QED) is 0.520. The molecule has 0 saturated heterocycles. The summed E-state index contributed by atoms with van der Waals surface area (Å²) < 4.78 is 13.0. The average molecular weight is 428 g/mol. The number of halogens is 2. The fraction of sp³-hybridized carbons (Fsp3) is 0. The van der Waals surface area contributed by atoms with Gasteiger partial charge in [0, 0.05) is 27.5 Å². The van der Waals surface area contributed by atoms with Gasteiger partial charge in [0.2, 0.25) is 0 Å². The van der Waals surface area contributed by atoms with E-state index in [2.05, 4.69) is 16.0 Å². The summed E-state index contributed by atoms with van der Waals surface area (Å²) in [5.41, 5.74) is 1.73.